The Hall–Kier alpha value is -1.26. The summed E-state index contributed by atoms with van der Waals surface area (Å²) in [6.07, 6.45) is -0.835. The molecule has 0 unspecified atom stereocenters. The molecule has 11 heavy (non-hydrogen) atoms. The highest BCUT2D eigenvalue weighted by Gasteiger charge is 2.46. The van der Waals surface area contributed by atoms with Crippen LogP contribution in [0.1, 0.15) is 6.92 Å². The van der Waals surface area contributed by atoms with Crippen molar-refractivity contribution >= 4 is 12.1 Å². The SMILES string of the molecule is COC(=O)[C@]1(C)COC(=O)O1. The van der Waals surface area contributed by atoms with Gasteiger partial charge in [0, 0.05) is 0 Å². The maximum absolute atomic E-state index is 10.9. The summed E-state index contributed by atoms with van der Waals surface area (Å²) in [4.78, 5) is 21.3. The molecule has 0 aromatic rings. The van der Waals surface area contributed by atoms with Gasteiger partial charge in [-0.3, -0.25) is 0 Å². The van der Waals surface area contributed by atoms with E-state index in [0.717, 1.165) is 0 Å². The third-order valence-corrected chi connectivity index (χ3v) is 1.39. The Morgan fingerprint density at radius 1 is 1.73 bits per heavy atom. The monoisotopic (exact) mass is 160 g/mol. The molecule has 1 aliphatic heterocycles. The van der Waals surface area contributed by atoms with Crippen LogP contribution in [0, 0.1) is 0 Å². The lowest BCUT2D eigenvalue weighted by molar-refractivity contribution is -0.157. The Bertz CT molecular complexity index is 199. The molecule has 5 nitrogen and oxygen atoms in total. The number of methoxy groups -OCH3 is 1. The van der Waals surface area contributed by atoms with Crippen molar-refractivity contribution < 1.29 is 23.8 Å². The van der Waals surface area contributed by atoms with Gasteiger partial charge in [-0.05, 0) is 6.92 Å². The first-order chi connectivity index (χ1) is 5.08. The largest absolute Gasteiger partial charge is 0.509 e. The zero-order valence-corrected chi connectivity index (χ0v) is 6.25. The number of hydrogen-bond donors (Lipinski definition) is 0. The van der Waals surface area contributed by atoms with Gasteiger partial charge >= 0.3 is 12.1 Å². The van der Waals surface area contributed by atoms with Crippen molar-refractivity contribution in [3.05, 3.63) is 0 Å². The second-order valence-electron chi connectivity index (χ2n) is 2.36. The summed E-state index contributed by atoms with van der Waals surface area (Å²) >= 11 is 0. The predicted octanol–water partition coefficient (Wildman–Crippen LogP) is 0.0849. The molecule has 0 aromatic heterocycles. The number of ether oxygens (including phenoxy) is 3. The van der Waals surface area contributed by atoms with Gasteiger partial charge in [-0.2, -0.15) is 0 Å². The Morgan fingerprint density at radius 3 is 2.73 bits per heavy atom. The second-order valence-corrected chi connectivity index (χ2v) is 2.36. The standard InChI is InChI=1S/C6H8O5/c1-6(4(7)9-2)3-10-5(8)11-6/h3H2,1-2H3/t6-/m0/s1. The van der Waals surface area contributed by atoms with E-state index in [1.165, 1.54) is 14.0 Å². The van der Waals surface area contributed by atoms with Gasteiger partial charge in [0.25, 0.3) is 0 Å². The summed E-state index contributed by atoms with van der Waals surface area (Å²) in [7, 11) is 1.22. The fourth-order valence-electron chi connectivity index (χ4n) is 0.756. The Morgan fingerprint density at radius 2 is 2.36 bits per heavy atom. The fraction of sp³-hybridized carbons (Fsp3) is 0.667. The van der Waals surface area contributed by atoms with Crippen LogP contribution < -0.4 is 0 Å². The van der Waals surface area contributed by atoms with Gasteiger partial charge < -0.3 is 14.2 Å². The van der Waals surface area contributed by atoms with Crippen LogP contribution in [-0.2, 0) is 19.0 Å². The van der Waals surface area contributed by atoms with E-state index < -0.39 is 17.7 Å². The fourth-order valence-corrected chi connectivity index (χ4v) is 0.756. The molecule has 0 aromatic carbocycles. The van der Waals surface area contributed by atoms with Crippen molar-refractivity contribution in [2.45, 2.75) is 12.5 Å². The third kappa shape index (κ3) is 1.26. The van der Waals surface area contributed by atoms with Crippen LogP contribution in [-0.4, -0.2) is 31.4 Å². The lowest BCUT2D eigenvalue weighted by Crippen LogP contribution is -2.38. The summed E-state index contributed by atoms with van der Waals surface area (Å²) in [5.74, 6) is -0.608. The molecule has 0 bridgehead atoms. The van der Waals surface area contributed by atoms with Crippen molar-refractivity contribution in [2.24, 2.45) is 0 Å². The van der Waals surface area contributed by atoms with Crippen LogP contribution in [0.2, 0.25) is 0 Å². The minimum Gasteiger partial charge on any atom is -0.466 e. The van der Waals surface area contributed by atoms with E-state index in [1.54, 1.807) is 0 Å². The molecular weight excluding hydrogens is 152 g/mol. The van der Waals surface area contributed by atoms with E-state index >= 15 is 0 Å². The van der Waals surface area contributed by atoms with Gasteiger partial charge in [-0.1, -0.05) is 0 Å². The molecular formula is C6H8O5. The Balaban J connectivity index is 2.69. The van der Waals surface area contributed by atoms with Crippen molar-refractivity contribution in [3.63, 3.8) is 0 Å². The minimum atomic E-state index is -1.26. The molecule has 0 saturated carbocycles. The lowest BCUT2D eigenvalue weighted by atomic mass is 10.1. The van der Waals surface area contributed by atoms with Crippen LogP contribution >= 0.6 is 0 Å². The molecule has 0 amide bonds. The average molecular weight is 160 g/mol. The molecule has 1 aliphatic rings. The molecule has 0 spiro atoms. The van der Waals surface area contributed by atoms with E-state index in [-0.39, 0.29) is 6.61 Å². The number of esters is 1. The molecule has 1 saturated heterocycles. The normalized spacial score (nSPS) is 29.1. The van der Waals surface area contributed by atoms with Crippen LogP contribution in [0.15, 0.2) is 0 Å². The number of carbonyl (C=O) groups excluding carboxylic acids is 2. The molecule has 1 heterocycles. The van der Waals surface area contributed by atoms with Crippen LogP contribution in [0.25, 0.3) is 0 Å². The zero-order chi connectivity index (χ0) is 8.48. The highest BCUT2D eigenvalue weighted by Crippen LogP contribution is 2.20. The average Bonchev–Trinajstić information content (AvgIpc) is 2.31. The molecule has 0 radical (unpaired) electrons. The topological polar surface area (TPSA) is 61.8 Å². The van der Waals surface area contributed by atoms with E-state index in [2.05, 4.69) is 14.2 Å². The summed E-state index contributed by atoms with van der Waals surface area (Å²) in [5, 5.41) is 0. The van der Waals surface area contributed by atoms with Gasteiger partial charge in [-0.15, -0.1) is 0 Å². The highest BCUT2D eigenvalue weighted by molar-refractivity contribution is 5.83. The maximum atomic E-state index is 10.9. The quantitative estimate of drug-likeness (QED) is 0.508. The first-order valence-electron chi connectivity index (χ1n) is 3.03. The van der Waals surface area contributed by atoms with Crippen molar-refractivity contribution in [1.29, 1.82) is 0 Å². The molecule has 5 heteroatoms. The first-order valence-corrected chi connectivity index (χ1v) is 3.03. The summed E-state index contributed by atoms with van der Waals surface area (Å²) in [6.45, 7) is 1.35. The van der Waals surface area contributed by atoms with Crippen molar-refractivity contribution in [1.82, 2.24) is 0 Å². The molecule has 1 rings (SSSR count). The molecule has 0 aliphatic carbocycles. The molecule has 0 N–H and O–H groups in total. The maximum Gasteiger partial charge on any atom is 0.509 e. The first kappa shape index (κ1) is 7.84. The Kier molecular flexibility index (Phi) is 1.72. The summed E-state index contributed by atoms with van der Waals surface area (Å²) in [6, 6.07) is 0. The van der Waals surface area contributed by atoms with Gasteiger partial charge in [0.1, 0.15) is 6.61 Å². The molecule has 1 fully saturated rings. The van der Waals surface area contributed by atoms with E-state index in [0.29, 0.717) is 0 Å². The van der Waals surface area contributed by atoms with E-state index in [9.17, 15) is 9.59 Å². The minimum absolute atomic E-state index is 0.0848. The van der Waals surface area contributed by atoms with E-state index in [1.807, 2.05) is 0 Å². The van der Waals surface area contributed by atoms with E-state index in [4.69, 9.17) is 0 Å². The predicted molar refractivity (Wildman–Crippen MR) is 32.9 cm³/mol. The van der Waals surface area contributed by atoms with Crippen LogP contribution in [0.5, 0.6) is 0 Å². The summed E-state index contributed by atoms with van der Waals surface area (Å²) < 4.78 is 13.4. The number of carbonyl (C=O) groups is 2. The van der Waals surface area contributed by atoms with Gasteiger partial charge in [0.2, 0.25) is 5.60 Å². The molecule has 1 atom stereocenters. The second kappa shape index (κ2) is 2.41. The van der Waals surface area contributed by atoms with Crippen LogP contribution in [0.3, 0.4) is 0 Å². The van der Waals surface area contributed by atoms with Gasteiger partial charge in [-0.25, -0.2) is 9.59 Å². The molecule has 62 valence electrons. The van der Waals surface area contributed by atoms with Gasteiger partial charge in [0.05, 0.1) is 7.11 Å². The summed E-state index contributed by atoms with van der Waals surface area (Å²) in [5.41, 5.74) is -1.26. The van der Waals surface area contributed by atoms with Crippen LogP contribution in [0.4, 0.5) is 4.79 Å². The third-order valence-electron chi connectivity index (χ3n) is 1.39. The number of hydrogen-bond acceptors (Lipinski definition) is 5. The highest BCUT2D eigenvalue weighted by atomic mass is 16.8. The Labute approximate surface area is 63.2 Å². The lowest BCUT2D eigenvalue weighted by Gasteiger charge is -2.14. The van der Waals surface area contributed by atoms with Gasteiger partial charge in [0.15, 0.2) is 0 Å². The van der Waals surface area contributed by atoms with Crippen molar-refractivity contribution in [2.75, 3.05) is 13.7 Å². The van der Waals surface area contributed by atoms with Crippen molar-refractivity contribution in [3.8, 4) is 0 Å². The number of rotatable bonds is 1. The zero-order valence-electron chi connectivity index (χ0n) is 6.25. The smallest absolute Gasteiger partial charge is 0.466 e. The number of cyclic esters (lactones) is 2.